The predicted molar refractivity (Wildman–Crippen MR) is 50.0 cm³/mol. The Bertz CT molecular complexity index is 223. The van der Waals surface area contributed by atoms with E-state index in [9.17, 15) is 8.42 Å². The van der Waals surface area contributed by atoms with E-state index < -0.39 is 9.84 Å². The van der Waals surface area contributed by atoms with Gasteiger partial charge in [-0.05, 0) is 25.8 Å². The third-order valence-electron chi connectivity index (χ3n) is 2.15. The molecule has 1 saturated heterocycles. The topological polar surface area (TPSA) is 46.2 Å². The Morgan fingerprint density at radius 1 is 1.50 bits per heavy atom. The highest BCUT2D eigenvalue weighted by Crippen LogP contribution is 2.11. The summed E-state index contributed by atoms with van der Waals surface area (Å²) in [6.45, 7) is 3.02. The minimum Gasteiger partial charge on any atom is -0.313 e. The van der Waals surface area contributed by atoms with Gasteiger partial charge in [0, 0.05) is 6.04 Å². The van der Waals surface area contributed by atoms with Crippen molar-refractivity contribution in [2.45, 2.75) is 32.2 Å². The van der Waals surface area contributed by atoms with Crippen LogP contribution in [0.25, 0.3) is 0 Å². The summed E-state index contributed by atoms with van der Waals surface area (Å²) in [6.07, 6.45) is 2.90. The first kappa shape index (κ1) is 9.99. The van der Waals surface area contributed by atoms with E-state index in [0.29, 0.717) is 11.5 Å². The molecule has 0 amide bonds. The highest BCUT2D eigenvalue weighted by Gasteiger charge is 2.23. The molecular formula is C8H17NO2S. The quantitative estimate of drug-likeness (QED) is 0.709. The maximum atomic E-state index is 11.2. The van der Waals surface area contributed by atoms with Crippen molar-refractivity contribution < 1.29 is 8.42 Å². The molecule has 4 heteroatoms. The van der Waals surface area contributed by atoms with Crippen LogP contribution in [0.5, 0.6) is 0 Å². The molecule has 1 aliphatic heterocycles. The lowest BCUT2D eigenvalue weighted by atomic mass is 10.2. The lowest BCUT2D eigenvalue weighted by molar-refractivity contribution is 0.481. The summed E-state index contributed by atoms with van der Waals surface area (Å²) < 4.78 is 22.4. The van der Waals surface area contributed by atoms with E-state index >= 15 is 0 Å². The SMILES string of the molecule is CCCNC1CCCS(=O)(=O)C1. The Kier molecular flexibility index (Phi) is 3.53. The molecule has 0 bridgehead atoms. The number of hydrogen-bond acceptors (Lipinski definition) is 3. The molecule has 1 fully saturated rings. The van der Waals surface area contributed by atoms with Crippen LogP contribution in [0.15, 0.2) is 0 Å². The highest BCUT2D eigenvalue weighted by atomic mass is 32.2. The van der Waals surface area contributed by atoms with Gasteiger partial charge in [0.15, 0.2) is 9.84 Å². The zero-order chi connectivity index (χ0) is 9.03. The summed E-state index contributed by atoms with van der Waals surface area (Å²) in [7, 11) is -2.72. The van der Waals surface area contributed by atoms with Crippen LogP contribution in [-0.4, -0.2) is 32.5 Å². The van der Waals surface area contributed by atoms with Crippen molar-refractivity contribution in [2.24, 2.45) is 0 Å². The fourth-order valence-corrected chi connectivity index (χ4v) is 3.20. The third-order valence-corrected chi connectivity index (χ3v) is 3.97. The van der Waals surface area contributed by atoms with E-state index in [1.807, 2.05) is 0 Å². The van der Waals surface area contributed by atoms with Gasteiger partial charge < -0.3 is 5.32 Å². The van der Waals surface area contributed by atoms with E-state index in [1.165, 1.54) is 0 Å². The van der Waals surface area contributed by atoms with Crippen LogP contribution in [0.1, 0.15) is 26.2 Å². The fraction of sp³-hybridized carbons (Fsp3) is 1.00. The molecule has 0 aliphatic carbocycles. The van der Waals surface area contributed by atoms with Crippen LogP contribution in [0.3, 0.4) is 0 Å². The summed E-state index contributed by atoms with van der Waals surface area (Å²) in [5.74, 6) is 0.726. The molecule has 1 unspecified atom stereocenters. The van der Waals surface area contributed by atoms with Gasteiger partial charge in [-0.1, -0.05) is 6.92 Å². The molecule has 0 radical (unpaired) electrons. The van der Waals surface area contributed by atoms with Gasteiger partial charge in [0.05, 0.1) is 11.5 Å². The predicted octanol–water partition coefficient (Wildman–Crippen LogP) is 0.563. The Labute approximate surface area is 74.5 Å². The van der Waals surface area contributed by atoms with Gasteiger partial charge in [-0.3, -0.25) is 0 Å². The van der Waals surface area contributed by atoms with E-state index in [4.69, 9.17) is 0 Å². The molecule has 3 nitrogen and oxygen atoms in total. The first-order chi connectivity index (χ1) is 5.64. The second-order valence-corrected chi connectivity index (χ2v) is 5.64. The minimum absolute atomic E-state index is 0.212. The van der Waals surface area contributed by atoms with E-state index in [1.54, 1.807) is 0 Å². The highest BCUT2D eigenvalue weighted by molar-refractivity contribution is 7.91. The molecule has 1 rings (SSSR count). The van der Waals surface area contributed by atoms with Gasteiger partial charge in [-0.25, -0.2) is 8.42 Å². The van der Waals surface area contributed by atoms with Gasteiger partial charge in [-0.15, -0.1) is 0 Å². The number of sulfone groups is 1. The summed E-state index contributed by atoms with van der Waals surface area (Å²) in [6, 6.07) is 0.212. The molecule has 0 spiro atoms. The first-order valence-electron chi connectivity index (χ1n) is 4.58. The average molecular weight is 191 g/mol. The van der Waals surface area contributed by atoms with Crippen molar-refractivity contribution in [1.82, 2.24) is 5.32 Å². The van der Waals surface area contributed by atoms with Crippen molar-refractivity contribution in [2.75, 3.05) is 18.1 Å². The van der Waals surface area contributed by atoms with Gasteiger partial charge in [0.2, 0.25) is 0 Å². The van der Waals surface area contributed by atoms with Crippen LogP contribution in [0.4, 0.5) is 0 Å². The summed E-state index contributed by atoms with van der Waals surface area (Å²) in [5, 5.41) is 3.25. The smallest absolute Gasteiger partial charge is 0.151 e. The largest absolute Gasteiger partial charge is 0.313 e. The van der Waals surface area contributed by atoms with Crippen molar-refractivity contribution in [3.05, 3.63) is 0 Å². The van der Waals surface area contributed by atoms with Gasteiger partial charge >= 0.3 is 0 Å². The molecule has 72 valence electrons. The summed E-state index contributed by atoms with van der Waals surface area (Å²) in [5.41, 5.74) is 0. The molecule has 1 heterocycles. The molecule has 0 aromatic rings. The third kappa shape index (κ3) is 3.11. The van der Waals surface area contributed by atoms with Crippen LogP contribution >= 0.6 is 0 Å². The van der Waals surface area contributed by atoms with Crippen LogP contribution < -0.4 is 5.32 Å². The standard InChI is InChI=1S/C8H17NO2S/c1-2-5-9-8-4-3-6-12(10,11)7-8/h8-9H,2-7H2,1H3. The number of hydrogen-bond donors (Lipinski definition) is 1. The monoisotopic (exact) mass is 191 g/mol. The Morgan fingerprint density at radius 2 is 2.25 bits per heavy atom. The molecular weight excluding hydrogens is 174 g/mol. The molecule has 0 aromatic carbocycles. The Hall–Kier alpha value is -0.0900. The number of nitrogens with one attached hydrogen (secondary N) is 1. The average Bonchev–Trinajstić information content (AvgIpc) is 1.99. The van der Waals surface area contributed by atoms with Crippen molar-refractivity contribution >= 4 is 9.84 Å². The normalized spacial score (nSPS) is 28.6. The van der Waals surface area contributed by atoms with Crippen LogP contribution in [-0.2, 0) is 9.84 Å². The van der Waals surface area contributed by atoms with E-state index in [0.717, 1.165) is 25.8 Å². The van der Waals surface area contributed by atoms with E-state index in [-0.39, 0.29) is 6.04 Å². The lowest BCUT2D eigenvalue weighted by Crippen LogP contribution is -2.40. The molecule has 0 aromatic heterocycles. The molecule has 1 N–H and O–H groups in total. The van der Waals surface area contributed by atoms with Crippen LogP contribution in [0.2, 0.25) is 0 Å². The molecule has 0 saturated carbocycles. The molecule has 12 heavy (non-hydrogen) atoms. The van der Waals surface area contributed by atoms with Gasteiger partial charge in [0.25, 0.3) is 0 Å². The molecule has 1 atom stereocenters. The lowest BCUT2D eigenvalue weighted by Gasteiger charge is -2.22. The maximum absolute atomic E-state index is 11.2. The second-order valence-electron chi connectivity index (χ2n) is 3.41. The molecule has 1 aliphatic rings. The van der Waals surface area contributed by atoms with Gasteiger partial charge in [0.1, 0.15) is 0 Å². The van der Waals surface area contributed by atoms with Crippen molar-refractivity contribution in [1.29, 1.82) is 0 Å². The fourth-order valence-electron chi connectivity index (χ4n) is 1.53. The maximum Gasteiger partial charge on any atom is 0.151 e. The zero-order valence-corrected chi connectivity index (χ0v) is 8.36. The van der Waals surface area contributed by atoms with Gasteiger partial charge in [-0.2, -0.15) is 0 Å². The Balaban J connectivity index is 2.36. The van der Waals surface area contributed by atoms with Crippen molar-refractivity contribution in [3.8, 4) is 0 Å². The summed E-state index contributed by atoms with van der Waals surface area (Å²) in [4.78, 5) is 0. The van der Waals surface area contributed by atoms with E-state index in [2.05, 4.69) is 12.2 Å². The second kappa shape index (κ2) is 4.23. The number of rotatable bonds is 3. The Morgan fingerprint density at radius 3 is 2.83 bits per heavy atom. The first-order valence-corrected chi connectivity index (χ1v) is 6.40. The minimum atomic E-state index is -2.72. The van der Waals surface area contributed by atoms with Crippen molar-refractivity contribution in [3.63, 3.8) is 0 Å². The van der Waals surface area contributed by atoms with Crippen LogP contribution in [0, 0.1) is 0 Å². The zero-order valence-electron chi connectivity index (χ0n) is 7.54. The summed E-state index contributed by atoms with van der Waals surface area (Å²) >= 11 is 0.